The molecule has 0 aromatic carbocycles. The number of likely N-dealkylation sites (N-methyl/N-ethyl adjacent to an activating group) is 1. The number of rotatable bonds is 7. The highest BCUT2D eigenvalue weighted by Crippen LogP contribution is 2.25. The van der Waals surface area contributed by atoms with E-state index in [4.69, 9.17) is 4.74 Å². The topological polar surface area (TPSA) is 97.4 Å². The Kier molecular flexibility index (Phi) is 6.24. The zero-order valence-electron chi connectivity index (χ0n) is 12.3. The van der Waals surface area contributed by atoms with E-state index in [0.29, 0.717) is 5.69 Å². The average molecular weight is 353 g/mol. The number of thiazole rings is 1. The van der Waals surface area contributed by atoms with E-state index < -0.39 is 18.5 Å². The fraction of sp³-hybridized carbons (Fsp3) is 0.286. The van der Waals surface area contributed by atoms with Crippen LogP contribution in [0.4, 0.5) is 0 Å². The van der Waals surface area contributed by atoms with Crippen molar-refractivity contribution in [1.29, 1.82) is 0 Å². The highest BCUT2D eigenvalue weighted by atomic mass is 32.1. The van der Waals surface area contributed by atoms with Crippen LogP contribution in [0.15, 0.2) is 22.2 Å². The second kappa shape index (κ2) is 8.39. The molecule has 2 aromatic rings. The molecule has 2 aromatic heterocycles. The number of amides is 2. The number of nitrogens with one attached hydrogen (secondary N) is 2. The van der Waals surface area contributed by atoms with Gasteiger partial charge < -0.3 is 15.4 Å². The standard InChI is InChI=1S/C14H15N3O4S2/c1-15-11(18)5-16-12(19)6-21-13(20)4-10-8-23-14(17-10)9-2-3-22-7-9/h2-3,7-8H,4-6H2,1H3,(H,15,18)(H,16,19). The summed E-state index contributed by atoms with van der Waals surface area (Å²) in [5.74, 6) is -1.39. The van der Waals surface area contributed by atoms with Crippen LogP contribution < -0.4 is 10.6 Å². The summed E-state index contributed by atoms with van der Waals surface area (Å²) in [4.78, 5) is 38.4. The molecule has 0 unspecified atom stereocenters. The molecule has 0 saturated heterocycles. The van der Waals surface area contributed by atoms with E-state index in [2.05, 4.69) is 15.6 Å². The minimum Gasteiger partial charge on any atom is -0.455 e. The third kappa shape index (κ3) is 5.46. The van der Waals surface area contributed by atoms with Gasteiger partial charge in [0.2, 0.25) is 5.91 Å². The van der Waals surface area contributed by atoms with Gasteiger partial charge in [0.15, 0.2) is 6.61 Å². The summed E-state index contributed by atoms with van der Waals surface area (Å²) in [6.45, 7) is -0.569. The van der Waals surface area contributed by atoms with Crippen LogP contribution in [-0.4, -0.2) is 43.0 Å². The molecule has 2 amide bonds. The molecule has 9 heteroatoms. The van der Waals surface area contributed by atoms with Crippen molar-refractivity contribution in [3.8, 4) is 10.6 Å². The van der Waals surface area contributed by atoms with Gasteiger partial charge in [-0.2, -0.15) is 11.3 Å². The molecule has 0 radical (unpaired) electrons. The van der Waals surface area contributed by atoms with Crippen LogP contribution in [-0.2, 0) is 25.5 Å². The van der Waals surface area contributed by atoms with Gasteiger partial charge in [0.05, 0.1) is 18.7 Å². The van der Waals surface area contributed by atoms with Gasteiger partial charge in [-0.05, 0) is 11.4 Å². The Hall–Kier alpha value is -2.26. The largest absolute Gasteiger partial charge is 0.455 e. The van der Waals surface area contributed by atoms with Crippen LogP contribution in [0.5, 0.6) is 0 Å². The third-order valence-electron chi connectivity index (χ3n) is 2.73. The molecule has 2 N–H and O–H groups in total. The number of carbonyl (C=O) groups excluding carboxylic acids is 3. The van der Waals surface area contributed by atoms with Gasteiger partial charge in [-0.15, -0.1) is 11.3 Å². The highest BCUT2D eigenvalue weighted by molar-refractivity contribution is 7.14. The number of aromatic nitrogens is 1. The second-order valence-corrected chi connectivity index (χ2v) is 6.08. The monoisotopic (exact) mass is 353 g/mol. The van der Waals surface area contributed by atoms with Gasteiger partial charge >= 0.3 is 5.97 Å². The van der Waals surface area contributed by atoms with Gasteiger partial charge in [-0.1, -0.05) is 0 Å². The summed E-state index contributed by atoms with van der Waals surface area (Å²) < 4.78 is 4.86. The summed E-state index contributed by atoms with van der Waals surface area (Å²) in [6, 6.07) is 1.96. The molecule has 0 aliphatic heterocycles. The zero-order valence-corrected chi connectivity index (χ0v) is 14.0. The van der Waals surface area contributed by atoms with E-state index in [1.807, 2.05) is 16.8 Å². The minimum atomic E-state index is -0.540. The molecule has 0 saturated carbocycles. The molecule has 0 aliphatic rings. The van der Waals surface area contributed by atoms with Crippen LogP contribution in [0.3, 0.4) is 0 Å². The number of esters is 1. The van der Waals surface area contributed by atoms with Gasteiger partial charge in [0, 0.05) is 23.4 Å². The number of hydrogen-bond acceptors (Lipinski definition) is 7. The van der Waals surface area contributed by atoms with Crippen molar-refractivity contribution in [2.45, 2.75) is 6.42 Å². The van der Waals surface area contributed by atoms with Gasteiger partial charge in [0.1, 0.15) is 5.01 Å². The van der Waals surface area contributed by atoms with Crippen molar-refractivity contribution in [3.63, 3.8) is 0 Å². The molecule has 2 heterocycles. The predicted molar refractivity (Wildman–Crippen MR) is 87.2 cm³/mol. The number of thiophene rings is 1. The van der Waals surface area contributed by atoms with Gasteiger partial charge in [-0.3, -0.25) is 14.4 Å². The Labute approximate surface area is 140 Å². The molecular weight excluding hydrogens is 338 g/mol. The Morgan fingerprint density at radius 2 is 2.09 bits per heavy atom. The van der Waals surface area contributed by atoms with E-state index in [9.17, 15) is 14.4 Å². The van der Waals surface area contributed by atoms with Crippen LogP contribution in [0.1, 0.15) is 5.69 Å². The molecule has 0 atom stereocenters. The first-order valence-corrected chi connectivity index (χ1v) is 8.50. The predicted octanol–water partition coefficient (Wildman–Crippen LogP) is 0.819. The highest BCUT2D eigenvalue weighted by Gasteiger charge is 2.12. The molecule has 0 fully saturated rings. The first-order chi connectivity index (χ1) is 11.1. The number of carbonyl (C=O) groups is 3. The molecule has 122 valence electrons. The van der Waals surface area contributed by atoms with E-state index in [1.54, 1.807) is 16.7 Å². The zero-order chi connectivity index (χ0) is 16.7. The van der Waals surface area contributed by atoms with Crippen LogP contribution in [0.25, 0.3) is 10.6 Å². The van der Waals surface area contributed by atoms with E-state index in [0.717, 1.165) is 10.6 Å². The summed E-state index contributed by atoms with van der Waals surface area (Å²) in [7, 11) is 1.47. The average Bonchev–Trinajstić information content (AvgIpc) is 3.21. The maximum Gasteiger partial charge on any atom is 0.312 e. The van der Waals surface area contributed by atoms with Crippen LogP contribution in [0, 0.1) is 0 Å². The Bertz CT molecular complexity index is 682. The minimum absolute atomic E-state index is 0.00334. The first kappa shape index (κ1) is 17.1. The summed E-state index contributed by atoms with van der Waals surface area (Å²) in [6.07, 6.45) is 0.00334. The SMILES string of the molecule is CNC(=O)CNC(=O)COC(=O)Cc1csc(-c2ccsc2)n1. The van der Waals surface area contributed by atoms with E-state index >= 15 is 0 Å². The number of ether oxygens (including phenoxy) is 1. The Balaban J connectivity index is 1.75. The molecule has 2 rings (SSSR count). The van der Waals surface area contributed by atoms with Crippen LogP contribution >= 0.6 is 22.7 Å². The van der Waals surface area contributed by atoms with Crippen molar-refractivity contribution >= 4 is 40.5 Å². The lowest BCUT2D eigenvalue weighted by Crippen LogP contribution is -2.37. The molecule has 7 nitrogen and oxygen atoms in total. The van der Waals surface area contributed by atoms with Crippen molar-refractivity contribution in [1.82, 2.24) is 15.6 Å². The van der Waals surface area contributed by atoms with Crippen molar-refractivity contribution < 1.29 is 19.1 Å². The maximum atomic E-state index is 11.7. The first-order valence-electron chi connectivity index (χ1n) is 6.68. The maximum absolute atomic E-state index is 11.7. The van der Waals surface area contributed by atoms with Gasteiger partial charge in [-0.25, -0.2) is 4.98 Å². The van der Waals surface area contributed by atoms with Crippen molar-refractivity contribution in [3.05, 3.63) is 27.9 Å². The second-order valence-electron chi connectivity index (χ2n) is 4.44. The molecule has 0 aliphatic carbocycles. The molecule has 23 heavy (non-hydrogen) atoms. The molecule has 0 bridgehead atoms. The lowest BCUT2D eigenvalue weighted by atomic mass is 10.3. The number of nitrogens with zero attached hydrogens (tertiary/aromatic N) is 1. The number of hydrogen-bond donors (Lipinski definition) is 2. The lowest BCUT2D eigenvalue weighted by Gasteiger charge is -2.05. The third-order valence-corrected chi connectivity index (χ3v) is 4.36. The Morgan fingerprint density at radius 1 is 1.26 bits per heavy atom. The fourth-order valence-electron chi connectivity index (χ4n) is 1.57. The summed E-state index contributed by atoms with van der Waals surface area (Å²) >= 11 is 3.03. The van der Waals surface area contributed by atoms with Crippen molar-refractivity contribution in [2.75, 3.05) is 20.2 Å². The molecular formula is C14H15N3O4S2. The summed E-state index contributed by atoms with van der Waals surface area (Å²) in [5.41, 5.74) is 1.63. The quantitative estimate of drug-likeness (QED) is 0.718. The van der Waals surface area contributed by atoms with Gasteiger partial charge in [0.25, 0.3) is 5.91 Å². The summed E-state index contributed by atoms with van der Waals surface area (Å²) in [5, 5.41) is 11.3. The van der Waals surface area contributed by atoms with Crippen molar-refractivity contribution in [2.24, 2.45) is 0 Å². The Morgan fingerprint density at radius 3 is 2.78 bits per heavy atom. The van der Waals surface area contributed by atoms with E-state index in [-0.39, 0.29) is 18.9 Å². The molecule has 0 spiro atoms. The normalized spacial score (nSPS) is 10.1. The smallest absolute Gasteiger partial charge is 0.312 e. The van der Waals surface area contributed by atoms with Crippen LogP contribution in [0.2, 0.25) is 0 Å². The fourth-order valence-corrected chi connectivity index (χ4v) is 3.10. The van der Waals surface area contributed by atoms with E-state index in [1.165, 1.54) is 18.4 Å². The lowest BCUT2D eigenvalue weighted by molar-refractivity contribution is -0.148.